The highest BCUT2D eigenvalue weighted by Gasteiger charge is 2.31. The van der Waals surface area contributed by atoms with Crippen LogP contribution in [0.4, 0.5) is 10.8 Å². The number of carbonyl (C=O) groups is 2. The van der Waals surface area contributed by atoms with Crippen LogP contribution in [0, 0.1) is 12.8 Å². The molecule has 1 fully saturated rings. The molecule has 2 aromatic heterocycles. The number of thiophene rings is 1. The molecule has 2 aromatic rings. The Hall–Kier alpha value is -2.66. The predicted molar refractivity (Wildman–Crippen MR) is 138 cm³/mol. The van der Waals surface area contributed by atoms with Crippen LogP contribution < -0.4 is 10.2 Å². The summed E-state index contributed by atoms with van der Waals surface area (Å²) < 4.78 is 16.7. The van der Waals surface area contributed by atoms with E-state index < -0.39 is 11.6 Å². The number of nitrogens with one attached hydrogen (secondary N) is 1. The van der Waals surface area contributed by atoms with Gasteiger partial charge in [-0.05, 0) is 71.9 Å². The minimum Gasteiger partial charge on any atom is -0.444 e. The lowest BCUT2D eigenvalue weighted by Crippen LogP contribution is -2.42. The van der Waals surface area contributed by atoms with Crippen LogP contribution in [0.15, 0.2) is 16.5 Å². The number of rotatable bonds is 10. The molecule has 2 amide bonds. The average molecular weight is 522 g/mol. The number of carbonyl (C=O) groups excluding carboxylic acids is 2. The van der Waals surface area contributed by atoms with Gasteiger partial charge in [-0.1, -0.05) is 5.10 Å². The number of aryl methyl sites for hydroxylation is 1. The molecule has 0 saturated carbocycles. The Labute approximate surface area is 217 Å². The van der Waals surface area contributed by atoms with E-state index in [1.165, 1.54) is 11.3 Å². The molecule has 0 aromatic carbocycles. The van der Waals surface area contributed by atoms with Gasteiger partial charge in [0, 0.05) is 38.2 Å². The zero-order valence-electron chi connectivity index (χ0n) is 22.2. The van der Waals surface area contributed by atoms with Crippen molar-refractivity contribution >= 4 is 29.4 Å². The molecule has 0 bridgehead atoms. The summed E-state index contributed by atoms with van der Waals surface area (Å²) in [6, 6.07) is 3.74. The molecule has 1 atom stereocenters. The number of nitrogens with zero attached hydrogens (tertiary/aromatic N) is 4. The van der Waals surface area contributed by atoms with Crippen molar-refractivity contribution in [2.45, 2.75) is 65.5 Å². The van der Waals surface area contributed by atoms with Crippen molar-refractivity contribution in [3.63, 3.8) is 0 Å². The van der Waals surface area contributed by atoms with Gasteiger partial charge in [-0.25, -0.2) is 4.79 Å². The Morgan fingerprint density at radius 1 is 1.28 bits per heavy atom. The quantitative estimate of drug-likeness (QED) is 0.489. The smallest absolute Gasteiger partial charge is 0.410 e. The SMILES string of the molecule is CCN(CCOC)c1nnc(C(CC2CCN(C(=O)OC(C)(C)C)CC2)NC(=O)c2ccc(C)s2)o1. The third kappa shape index (κ3) is 7.92. The standard InChI is InChI=1S/C25H39N5O5S/c1-7-29(14-15-33-6)23-28-27-22(34-23)19(26-21(31)20-9-8-17(2)36-20)16-18-10-12-30(13-11-18)24(32)35-25(3,4)5/h8-9,18-19H,7,10-16H2,1-6H3,(H,26,31). The van der Waals surface area contributed by atoms with E-state index in [-0.39, 0.29) is 17.9 Å². The monoisotopic (exact) mass is 521 g/mol. The summed E-state index contributed by atoms with van der Waals surface area (Å²) in [7, 11) is 1.65. The maximum atomic E-state index is 13.0. The minimum atomic E-state index is -0.519. The Morgan fingerprint density at radius 2 is 2.00 bits per heavy atom. The first-order valence-electron chi connectivity index (χ1n) is 12.5. The Morgan fingerprint density at radius 3 is 2.58 bits per heavy atom. The predicted octanol–water partition coefficient (Wildman–Crippen LogP) is 4.42. The second-order valence-corrected chi connectivity index (χ2v) is 11.4. The summed E-state index contributed by atoms with van der Waals surface area (Å²) >= 11 is 1.45. The summed E-state index contributed by atoms with van der Waals surface area (Å²) in [6.45, 7) is 12.7. The Kier molecular flexibility index (Phi) is 9.72. The van der Waals surface area contributed by atoms with Gasteiger partial charge in [0.25, 0.3) is 5.91 Å². The van der Waals surface area contributed by atoms with Crippen LogP contribution in [0.25, 0.3) is 0 Å². The summed E-state index contributed by atoms with van der Waals surface area (Å²) in [5, 5.41) is 11.7. The number of amides is 2. The number of likely N-dealkylation sites (N-methyl/N-ethyl adjacent to an activating group) is 1. The van der Waals surface area contributed by atoms with Gasteiger partial charge in [-0.15, -0.1) is 16.4 Å². The highest BCUT2D eigenvalue weighted by atomic mass is 32.1. The van der Waals surface area contributed by atoms with Crippen molar-refractivity contribution in [3.05, 3.63) is 27.8 Å². The number of likely N-dealkylation sites (tertiary alicyclic amines) is 1. The Bertz CT molecular complexity index is 993. The molecule has 1 N–H and O–H groups in total. The molecule has 3 rings (SSSR count). The van der Waals surface area contributed by atoms with Crippen molar-refractivity contribution in [2.75, 3.05) is 44.8 Å². The molecule has 0 spiro atoms. The lowest BCUT2D eigenvalue weighted by molar-refractivity contribution is 0.0177. The molecule has 200 valence electrons. The average Bonchev–Trinajstić information content (AvgIpc) is 3.48. The molecule has 1 saturated heterocycles. The maximum absolute atomic E-state index is 13.0. The second-order valence-electron chi connectivity index (χ2n) is 10.1. The fourth-order valence-corrected chi connectivity index (χ4v) is 4.87. The number of anilines is 1. The summed E-state index contributed by atoms with van der Waals surface area (Å²) in [5.74, 6) is 0.512. The summed E-state index contributed by atoms with van der Waals surface area (Å²) in [6.07, 6.45) is 1.97. The van der Waals surface area contributed by atoms with Crippen LogP contribution in [0.1, 0.15) is 73.4 Å². The minimum absolute atomic E-state index is 0.157. The van der Waals surface area contributed by atoms with Gasteiger partial charge in [0.1, 0.15) is 11.6 Å². The van der Waals surface area contributed by atoms with Gasteiger partial charge < -0.3 is 29.0 Å². The van der Waals surface area contributed by atoms with Gasteiger partial charge in [0.2, 0.25) is 5.89 Å². The first-order chi connectivity index (χ1) is 17.1. The van der Waals surface area contributed by atoms with Crippen molar-refractivity contribution in [3.8, 4) is 0 Å². The maximum Gasteiger partial charge on any atom is 0.410 e. The van der Waals surface area contributed by atoms with E-state index in [0.29, 0.717) is 56.0 Å². The molecule has 10 nitrogen and oxygen atoms in total. The topological polar surface area (TPSA) is 110 Å². The van der Waals surface area contributed by atoms with E-state index >= 15 is 0 Å². The van der Waals surface area contributed by atoms with Crippen molar-refractivity contribution in [1.82, 2.24) is 20.4 Å². The zero-order chi connectivity index (χ0) is 26.3. The molecule has 1 aliphatic rings. The third-order valence-electron chi connectivity index (χ3n) is 6.05. The fraction of sp³-hybridized carbons (Fsp3) is 0.680. The number of methoxy groups -OCH3 is 1. The highest BCUT2D eigenvalue weighted by molar-refractivity contribution is 7.13. The molecular formula is C25H39N5O5S. The van der Waals surface area contributed by atoms with E-state index in [0.717, 1.165) is 17.7 Å². The number of hydrogen-bond acceptors (Lipinski definition) is 9. The molecule has 11 heteroatoms. The zero-order valence-corrected chi connectivity index (χ0v) is 23.0. The molecule has 3 heterocycles. The molecule has 0 aliphatic carbocycles. The molecular weight excluding hydrogens is 482 g/mol. The number of aromatic nitrogens is 2. The summed E-state index contributed by atoms with van der Waals surface area (Å²) in [5.41, 5.74) is -0.519. The molecule has 1 aliphatic heterocycles. The van der Waals surface area contributed by atoms with Gasteiger partial charge in [-0.2, -0.15) is 0 Å². The first kappa shape index (κ1) is 27.9. The fourth-order valence-electron chi connectivity index (χ4n) is 4.10. The van der Waals surface area contributed by atoms with Gasteiger partial charge >= 0.3 is 12.1 Å². The van der Waals surface area contributed by atoms with E-state index in [4.69, 9.17) is 13.9 Å². The number of ether oxygens (including phenoxy) is 2. The number of hydrogen-bond donors (Lipinski definition) is 1. The van der Waals surface area contributed by atoms with Gasteiger partial charge in [0.15, 0.2) is 0 Å². The van der Waals surface area contributed by atoms with Crippen LogP contribution in [0.3, 0.4) is 0 Å². The first-order valence-corrected chi connectivity index (χ1v) is 13.3. The van der Waals surface area contributed by atoms with Gasteiger partial charge in [-0.3, -0.25) is 4.79 Å². The lowest BCUT2D eigenvalue weighted by Gasteiger charge is -2.34. The van der Waals surface area contributed by atoms with E-state index in [1.807, 2.05) is 51.7 Å². The van der Waals surface area contributed by atoms with Crippen molar-refractivity contribution in [2.24, 2.45) is 5.92 Å². The van der Waals surface area contributed by atoms with Crippen molar-refractivity contribution in [1.29, 1.82) is 0 Å². The van der Waals surface area contributed by atoms with Crippen LogP contribution in [0.2, 0.25) is 0 Å². The van der Waals surface area contributed by atoms with Crippen LogP contribution >= 0.6 is 11.3 Å². The van der Waals surface area contributed by atoms with E-state index in [9.17, 15) is 9.59 Å². The summed E-state index contributed by atoms with van der Waals surface area (Å²) in [4.78, 5) is 30.9. The molecule has 0 radical (unpaired) electrons. The second kappa shape index (κ2) is 12.5. The lowest BCUT2D eigenvalue weighted by atomic mass is 9.90. The molecule has 1 unspecified atom stereocenters. The largest absolute Gasteiger partial charge is 0.444 e. The Balaban J connectivity index is 1.70. The van der Waals surface area contributed by atoms with Gasteiger partial charge in [0.05, 0.1) is 11.5 Å². The highest BCUT2D eigenvalue weighted by Crippen LogP contribution is 2.30. The van der Waals surface area contributed by atoms with E-state index in [1.54, 1.807) is 12.0 Å². The van der Waals surface area contributed by atoms with Crippen LogP contribution in [0.5, 0.6) is 0 Å². The molecule has 36 heavy (non-hydrogen) atoms. The van der Waals surface area contributed by atoms with Crippen LogP contribution in [-0.4, -0.2) is 72.6 Å². The van der Waals surface area contributed by atoms with E-state index in [2.05, 4.69) is 15.5 Å². The normalized spacial score (nSPS) is 15.6. The number of piperidine rings is 1. The van der Waals surface area contributed by atoms with Crippen LogP contribution in [-0.2, 0) is 9.47 Å². The van der Waals surface area contributed by atoms with Crippen molar-refractivity contribution < 1.29 is 23.5 Å². The third-order valence-corrected chi connectivity index (χ3v) is 7.05.